The molecule has 1 aliphatic rings. The van der Waals surface area contributed by atoms with Crippen molar-refractivity contribution in [1.29, 1.82) is 0 Å². The topological polar surface area (TPSA) is 76.8 Å². The summed E-state index contributed by atoms with van der Waals surface area (Å²) in [4.78, 5) is 14.6. The molecule has 3 N–H and O–H groups in total. The normalized spacial score (nSPS) is 18.3. The third-order valence-corrected chi connectivity index (χ3v) is 4.68. The van der Waals surface area contributed by atoms with Crippen molar-refractivity contribution in [2.45, 2.75) is 32.5 Å². The molecule has 0 aliphatic carbocycles. The lowest BCUT2D eigenvalue weighted by Crippen LogP contribution is -2.22. The van der Waals surface area contributed by atoms with Crippen LogP contribution in [0.25, 0.3) is 0 Å². The van der Waals surface area contributed by atoms with Crippen molar-refractivity contribution in [2.75, 3.05) is 37.9 Å². The number of hydrogen-bond acceptors (Lipinski definition) is 6. The number of rotatable bonds is 5. The van der Waals surface area contributed by atoms with E-state index in [1.807, 2.05) is 13.8 Å². The fourth-order valence-corrected chi connectivity index (χ4v) is 3.50. The van der Waals surface area contributed by atoms with Crippen LogP contribution in [0.2, 0.25) is 0 Å². The summed E-state index contributed by atoms with van der Waals surface area (Å²) in [6.07, 6.45) is 1.17. The molecule has 0 bridgehead atoms. The lowest BCUT2D eigenvalue weighted by molar-refractivity contribution is 0.0967. The van der Waals surface area contributed by atoms with Gasteiger partial charge in [0, 0.05) is 27.2 Å². The van der Waals surface area contributed by atoms with E-state index >= 15 is 0 Å². The van der Waals surface area contributed by atoms with Gasteiger partial charge < -0.3 is 25.4 Å². The van der Waals surface area contributed by atoms with Gasteiger partial charge in [0.15, 0.2) is 5.75 Å². The quantitative estimate of drug-likeness (QED) is 0.865. The van der Waals surface area contributed by atoms with Gasteiger partial charge >= 0.3 is 0 Å². The van der Waals surface area contributed by atoms with Crippen molar-refractivity contribution in [3.63, 3.8) is 0 Å². The predicted molar refractivity (Wildman–Crippen MR) is 85.5 cm³/mol. The highest BCUT2D eigenvalue weighted by Gasteiger charge is 2.30. The van der Waals surface area contributed by atoms with Crippen LogP contribution >= 0.6 is 11.3 Å². The Balaban J connectivity index is 2.36. The molecule has 2 rings (SSSR count). The number of methoxy groups -OCH3 is 1. The van der Waals surface area contributed by atoms with E-state index in [1.54, 1.807) is 14.2 Å². The van der Waals surface area contributed by atoms with Crippen molar-refractivity contribution >= 4 is 27.9 Å². The highest BCUT2D eigenvalue weighted by atomic mass is 32.1. The maximum atomic E-state index is 11.9. The van der Waals surface area contributed by atoms with Crippen molar-refractivity contribution in [3.8, 4) is 5.75 Å². The smallest absolute Gasteiger partial charge is 0.263 e. The third kappa shape index (κ3) is 3.24. The van der Waals surface area contributed by atoms with E-state index in [0.29, 0.717) is 16.3 Å². The molecule has 1 amide bonds. The number of carbonyl (C=O) groups is 1. The minimum Gasteiger partial charge on any atom is -0.486 e. The average molecular weight is 313 g/mol. The molecule has 1 aromatic rings. The first-order valence-electron chi connectivity index (χ1n) is 7.06. The van der Waals surface area contributed by atoms with Gasteiger partial charge in [-0.1, -0.05) is 0 Å². The summed E-state index contributed by atoms with van der Waals surface area (Å²) >= 11 is 1.38. The molecule has 7 heteroatoms. The average Bonchev–Trinajstić information content (AvgIpc) is 3.04. The fourth-order valence-electron chi connectivity index (χ4n) is 2.36. The number of hydrogen-bond donors (Lipinski definition) is 2. The summed E-state index contributed by atoms with van der Waals surface area (Å²) < 4.78 is 11.3. The number of anilines is 2. The molecule has 0 radical (unpaired) electrons. The molecule has 2 heterocycles. The van der Waals surface area contributed by atoms with E-state index < -0.39 is 0 Å². The largest absolute Gasteiger partial charge is 0.486 e. The first-order valence-corrected chi connectivity index (χ1v) is 7.88. The highest BCUT2D eigenvalue weighted by molar-refractivity contribution is 7.19. The van der Waals surface area contributed by atoms with Gasteiger partial charge in [-0.2, -0.15) is 0 Å². The van der Waals surface area contributed by atoms with E-state index in [0.717, 1.165) is 24.5 Å². The lowest BCUT2D eigenvalue weighted by Gasteiger charge is -2.19. The summed E-state index contributed by atoms with van der Waals surface area (Å²) in [6.45, 7) is 5.56. The summed E-state index contributed by atoms with van der Waals surface area (Å²) in [5, 5.41) is 3.54. The Labute approximate surface area is 129 Å². The summed E-state index contributed by atoms with van der Waals surface area (Å²) in [5.41, 5.74) is 6.55. The predicted octanol–water partition coefficient (Wildman–Crippen LogP) is 1.70. The van der Waals surface area contributed by atoms with Gasteiger partial charge in [-0.15, -0.1) is 11.3 Å². The summed E-state index contributed by atoms with van der Waals surface area (Å²) in [5.74, 6) is 0.435. The number of nitrogens with two attached hydrogens (primary N) is 1. The molecule has 1 aromatic heterocycles. The second-order valence-electron chi connectivity index (χ2n) is 5.32. The van der Waals surface area contributed by atoms with Crippen LogP contribution in [0.4, 0.5) is 10.7 Å². The minimum absolute atomic E-state index is 0.000914. The zero-order valence-corrected chi connectivity index (χ0v) is 13.8. The van der Waals surface area contributed by atoms with Crippen LogP contribution in [0, 0.1) is 0 Å². The van der Waals surface area contributed by atoms with E-state index in [1.165, 1.54) is 11.3 Å². The van der Waals surface area contributed by atoms with Crippen molar-refractivity contribution in [2.24, 2.45) is 0 Å². The van der Waals surface area contributed by atoms with E-state index in [-0.39, 0.29) is 18.1 Å². The number of carbonyl (C=O) groups excluding carboxylic acids is 1. The summed E-state index contributed by atoms with van der Waals surface area (Å²) in [6, 6.07) is 0. The molecular formula is C14H23N3O3S. The third-order valence-electron chi connectivity index (χ3n) is 3.43. The first kappa shape index (κ1) is 15.9. The molecule has 1 saturated heterocycles. The summed E-state index contributed by atoms with van der Waals surface area (Å²) in [7, 11) is 3.32. The van der Waals surface area contributed by atoms with Crippen LogP contribution in [0.15, 0.2) is 0 Å². The standard InChI is InChI=1S/C14H23N3O3S/c1-8(2)20-11-10(15)12(13(18)16-3)21-14(11)17-6-5-9(7-17)19-4/h8-9H,5-7,15H2,1-4H3,(H,16,18). The molecule has 1 unspecified atom stereocenters. The van der Waals surface area contributed by atoms with Crippen LogP contribution in [-0.4, -0.2) is 45.4 Å². The molecule has 21 heavy (non-hydrogen) atoms. The van der Waals surface area contributed by atoms with Gasteiger partial charge in [0.25, 0.3) is 5.91 Å². The molecule has 1 atom stereocenters. The van der Waals surface area contributed by atoms with Gasteiger partial charge in [-0.25, -0.2) is 0 Å². The minimum atomic E-state index is -0.181. The molecule has 1 aliphatic heterocycles. The van der Waals surface area contributed by atoms with Crippen molar-refractivity contribution in [1.82, 2.24) is 5.32 Å². The molecule has 1 fully saturated rings. The fraction of sp³-hybridized carbons (Fsp3) is 0.643. The van der Waals surface area contributed by atoms with Crippen molar-refractivity contribution in [3.05, 3.63) is 4.88 Å². The zero-order chi connectivity index (χ0) is 15.6. The SMILES string of the molecule is CNC(=O)c1sc(N2CCC(OC)C2)c(OC(C)C)c1N. The van der Waals surface area contributed by atoms with Crippen LogP contribution in [-0.2, 0) is 4.74 Å². The van der Waals surface area contributed by atoms with E-state index in [9.17, 15) is 4.79 Å². The van der Waals surface area contributed by atoms with Gasteiger partial charge in [-0.3, -0.25) is 4.79 Å². The lowest BCUT2D eigenvalue weighted by atomic mass is 10.3. The second-order valence-corrected chi connectivity index (χ2v) is 6.32. The van der Waals surface area contributed by atoms with E-state index in [2.05, 4.69) is 10.2 Å². The maximum Gasteiger partial charge on any atom is 0.263 e. The van der Waals surface area contributed by atoms with Gasteiger partial charge in [0.05, 0.1) is 12.2 Å². The highest BCUT2D eigenvalue weighted by Crippen LogP contribution is 2.46. The Morgan fingerprint density at radius 1 is 1.52 bits per heavy atom. The van der Waals surface area contributed by atoms with Crippen LogP contribution in [0.1, 0.15) is 29.9 Å². The monoisotopic (exact) mass is 313 g/mol. The number of thiophene rings is 1. The zero-order valence-electron chi connectivity index (χ0n) is 12.9. The molecule has 118 valence electrons. The number of nitrogen functional groups attached to an aromatic ring is 1. The molecule has 6 nitrogen and oxygen atoms in total. The van der Waals surface area contributed by atoms with Crippen LogP contribution in [0.5, 0.6) is 5.75 Å². The molecule has 0 aromatic carbocycles. The number of amides is 1. The number of ether oxygens (including phenoxy) is 2. The van der Waals surface area contributed by atoms with Crippen molar-refractivity contribution < 1.29 is 14.3 Å². The Morgan fingerprint density at radius 3 is 2.76 bits per heavy atom. The number of nitrogens with one attached hydrogen (secondary N) is 1. The van der Waals surface area contributed by atoms with Crippen LogP contribution in [0.3, 0.4) is 0 Å². The first-order chi connectivity index (χ1) is 9.97. The second kappa shape index (κ2) is 6.53. The maximum absolute atomic E-state index is 11.9. The molecule has 0 spiro atoms. The van der Waals surface area contributed by atoms with Gasteiger partial charge in [-0.05, 0) is 20.3 Å². The van der Waals surface area contributed by atoms with Gasteiger partial charge in [0.1, 0.15) is 15.6 Å². The Bertz CT molecular complexity index is 516. The molecular weight excluding hydrogens is 290 g/mol. The van der Waals surface area contributed by atoms with Gasteiger partial charge in [0.2, 0.25) is 0 Å². The Kier molecular flexibility index (Phi) is 4.95. The molecule has 0 saturated carbocycles. The van der Waals surface area contributed by atoms with Crippen LogP contribution < -0.4 is 20.7 Å². The van der Waals surface area contributed by atoms with E-state index in [4.69, 9.17) is 15.2 Å². The number of nitrogens with zero attached hydrogens (tertiary/aromatic N) is 1. The Morgan fingerprint density at radius 2 is 2.24 bits per heavy atom. The Hall–Kier alpha value is -1.47.